The first-order chi connectivity index (χ1) is 9.19. The lowest BCUT2D eigenvalue weighted by molar-refractivity contribution is 0.189. The minimum atomic E-state index is 0.728. The van der Waals surface area contributed by atoms with E-state index in [-0.39, 0.29) is 0 Å². The lowest BCUT2D eigenvalue weighted by atomic mass is 9.72. The molecule has 2 saturated carbocycles. The summed E-state index contributed by atoms with van der Waals surface area (Å²) in [6, 6.07) is 0. The first-order valence-electron chi connectivity index (χ1n) is 8.72. The van der Waals surface area contributed by atoms with Crippen molar-refractivity contribution >= 4 is 5.78 Å². The van der Waals surface area contributed by atoms with E-state index in [2.05, 4.69) is 13.8 Å². The van der Waals surface area contributed by atoms with Crippen LogP contribution in [0.1, 0.15) is 84.5 Å². The summed E-state index contributed by atoms with van der Waals surface area (Å²) in [5.41, 5.74) is 0. The Balaban J connectivity index is 1.74. The molecule has 0 aromatic rings. The van der Waals surface area contributed by atoms with Crippen molar-refractivity contribution in [2.24, 2.45) is 23.7 Å². The maximum absolute atomic E-state index is 9.71. The molecule has 0 saturated heterocycles. The SMILES string of the molecule is CCC(=[OH+])CC1CCC(C2CCCC(C)CC2)CC1. The van der Waals surface area contributed by atoms with Crippen LogP contribution in [0, 0.1) is 23.7 Å². The molecule has 2 atom stereocenters. The standard InChI is InChI=1S/C18H32O/c1-3-18(19)13-15-8-11-17(12-9-15)16-6-4-5-14(2)7-10-16/h14-17H,3-13H2,1-2H3/p+1. The third-order valence-corrected chi connectivity index (χ3v) is 5.79. The van der Waals surface area contributed by atoms with Gasteiger partial charge in [-0.15, -0.1) is 0 Å². The minimum Gasteiger partial charge on any atom is -0.284 e. The summed E-state index contributed by atoms with van der Waals surface area (Å²) in [4.78, 5) is 9.71. The minimum absolute atomic E-state index is 0.728. The highest BCUT2D eigenvalue weighted by Crippen LogP contribution is 2.41. The zero-order valence-electron chi connectivity index (χ0n) is 13.0. The normalized spacial score (nSPS) is 36.7. The molecule has 0 heterocycles. The summed E-state index contributed by atoms with van der Waals surface area (Å²) in [5, 5.41) is 0. The van der Waals surface area contributed by atoms with Crippen molar-refractivity contribution in [1.29, 1.82) is 0 Å². The van der Waals surface area contributed by atoms with Gasteiger partial charge in [0, 0.05) is 0 Å². The number of carbonyl (C=O) groups excluding carboxylic acids is 1. The fourth-order valence-corrected chi connectivity index (χ4v) is 4.33. The summed E-state index contributed by atoms with van der Waals surface area (Å²) in [6.45, 7) is 4.50. The van der Waals surface area contributed by atoms with Gasteiger partial charge in [-0.05, 0) is 55.8 Å². The number of hydrogen-bond acceptors (Lipinski definition) is 0. The van der Waals surface area contributed by atoms with E-state index in [0.29, 0.717) is 0 Å². The second-order valence-electron chi connectivity index (χ2n) is 7.28. The van der Waals surface area contributed by atoms with Crippen LogP contribution in [0.15, 0.2) is 0 Å². The summed E-state index contributed by atoms with van der Waals surface area (Å²) in [7, 11) is 0. The van der Waals surface area contributed by atoms with Crippen LogP contribution in [0.25, 0.3) is 0 Å². The second kappa shape index (κ2) is 7.45. The Hall–Kier alpha value is -0.330. The largest absolute Gasteiger partial charge is 0.293 e. The van der Waals surface area contributed by atoms with Crippen molar-refractivity contribution in [2.45, 2.75) is 84.5 Å². The van der Waals surface area contributed by atoms with Crippen LogP contribution in [0.2, 0.25) is 0 Å². The molecular formula is C18H33O+. The van der Waals surface area contributed by atoms with Crippen LogP contribution >= 0.6 is 0 Å². The van der Waals surface area contributed by atoms with Gasteiger partial charge in [0.2, 0.25) is 0 Å². The molecule has 110 valence electrons. The topological polar surface area (TPSA) is 21.4 Å². The lowest BCUT2D eigenvalue weighted by Crippen LogP contribution is -2.23. The van der Waals surface area contributed by atoms with Crippen LogP contribution in [-0.2, 0) is 0 Å². The Bertz CT molecular complexity index is 275. The van der Waals surface area contributed by atoms with E-state index in [0.717, 1.165) is 42.3 Å². The Morgan fingerprint density at radius 2 is 1.53 bits per heavy atom. The molecule has 1 nitrogen and oxygen atoms in total. The second-order valence-corrected chi connectivity index (χ2v) is 7.28. The molecule has 19 heavy (non-hydrogen) atoms. The zero-order valence-corrected chi connectivity index (χ0v) is 13.0. The molecule has 2 fully saturated rings. The van der Waals surface area contributed by atoms with Gasteiger partial charge in [-0.3, -0.25) is 4.79 Å². The van der Waals surface area contributed by atoms with Crippen molar-refractivity contribution in [3.05, 3.63) is 0 Å². The van der Waals surface area contributed by atoms with Gasteiger partial charge in [-0.25, -0.2) is 0 Å². The molecule has 2 aliphatic rings. The fraction of sp³-hybridized carbons (Fsp3) is 0.944. The zero-order chi connectivity index (χ0) is 13.7. The van der Waals surface area contributed by atoms with Crippen molar-refractivity contribution in [1.82, 2.24) is 0 Å². The van der Waals surface area contributed by atoms with Crippen molar-refractivity contribution in [2.75, 3.05) is 0 Å². The fourth-order valence-electron chi connectivity index (χ4n) is 4.33. The molecule has 2 rings (SSSR count). The summed E-state index contributed by atoms with van der Waals surface area (Å²) >= 11 is 0. The molecule has 2 aliphatic carbocycles. The van der Waals surface area contributed by atoms with Gasteiger partial charge in [-0.1, -0.05) is 39.5 Å². The van der Waals surface area contributed by atoms with E-state index in [1.807, 2.05) is 0 Å². The summed E-state index contributed by atoms with van der Waals surface area (Å²) in [6.07, 6.45) is 14.8. The van der Waals surface area contributed by atoms with Crippen LogP contribution in [0.5, 0.6) is 0 Å². The smallest absolute Gasteiger partial charge is 0.284 e. The molecule has 0 radical (unpaired) electrons. The molecule has 0 bridgehead atoms. The summed E-state index contributed by atoms with van der Waals surface area (Å²) in [5.74, 6) is 4.50. The molecule has 0 aliphatic heterocycles. The molecular weight excluding hydrogens is 232 g/mol. The summed E-state index contributed by atoms with van der Waals surface area (Å²) < 4.78 is 0. The lowest BCUT2D eigenvalue weighted by Gasteiger charge is -2.33. The van der Waals surface area contributed by atoms with E-state index in [1.165, 1.54) is 57.8 Å². The molecule has 2 unspecified atom stereocenters. The molecule has 0 amide bonds. The highest BCUT2D eigenvalue weighted by Gasteiger charge is 2.30. The quantitative estimate of drug-likeness (QED) is 0.482. The van der Waals surface area contributed by atoms with E-state index in [4.69, 9.17) is 0 Å². The molecule has 0 aromatic carbocycles. The maximum atomic E-state index is 9.71. The Kier molecular flexibility index (Phi) is 5.91. The van der Waals surface area contributed by atoms with Crippen LogP contribution < -0.4 is 0 Å². The number of ketones is 1. The molecule has 0 spiro atoms. The average molecular weight is 265 g/mol. The van der Waals surface area contributed by atoms with Crippen LogP contribution in [0.3, 0.4) is 0 Å². The van der Waals surface area contributed by atoms with Gasteiger partial charge in [0.1, 0.15) is 0 Å². The first kappa shape index (κ1) is 15.1. The van der Waals surface area contributed by atoms with E-state index < -0.39 is 0 Å². The predicted molar refractivity (Wildman–Crippen MR) is 83.0 cm³/mol. The number of hydrogen-bond donors (Lipinski definition) is 0. The van der Waals surface area contributed by atoms with Gasteiger partial charge in [0.25, 0.3) is 5.78 Å². The third-order valence-electron chi connectivity index (χ3n) is 5.79. The van der Waals surface area contributed by atoms with Crippen molar-refractivity contribution < 1.29 is 4.79 Å². The third kappa shape index (κ3) is 4.61. The highest BCUT2D eigenvalue weighted by atomic mass is 16.1. The van der Waals surface area contributed by atoms with Crippen LogP contribution in [0.4, 0.5) is 0 Å². The first-order valence-corrected chi connectivity index (χ1v) is 8.72. The predicted octanol–water partition coefficient (Wildman–Crippen LogP) is 5.35. The van der Waals surface area contributed by atoms with E-state index in [1.54, 1.807) is 0 Å². The maximum Gasteiger partial charge on any atom is 0.293 e. The Morgan fingerprint density at radius 3 is 2.21 bits per heavy atom. The number of rotatable bonds is 4. The van der Waals surface area contributed by atoms with Gasteiger partial charge >= 0.3 is 0 Å². The average Bonchev–Trinajstić information content (AvgIpc) is 2.64. The van der Waals surface area contributed by atoms with Crippen molar-refractivity contribution in [3.63, 3.8) is 0 Å². The Labute approximate surface area is 119 Å². The van der Waals surface area contributed by atoms with Gasteiger partial charge < -0.3 is 0 Å². The monoisotopic (exact) mass is 265 g/mol. The highest BCUT2D eigenvalue weighted by molar-refractivity contribution is 5.79. The molecule has 1 heteroatoms. The van der Waals surface area contributed by atoms with Gasteiger partial charge in [-0.2, -0.15) is 0 Å². The van der Waals surface area contributed by atoms with Crippen molar-refractivity contribution in [3.8, 4) is 0 Å². The Morgan fingerprint density at radius 1 is 0.895 bits per heavy atom. The van der Waals surface area contributed by atoms with Crippen LogP contribution in [-0.4, -0.2) is 10.6 Å². The van der Waals surface area contributed by atoms with E-state index in [9.17, 15) is 4.79 Å². The van der Waals surface area contributed by atoms with E-state index >= 15 is 0 Å². The molecule has 0 aromatic heterocycles. The van der Waals surface area contributed by atoms with Gasteiger partial charge in [0.15, 0.2) is 0 Å². The molecule has 1 N–H and O–H groups in total. The van der Waals surface area contributed by atoms with Gasteiger partial charge in [0.05, 0.1) is 12.8 Å².